The molecule has 0 spiro atoms. The largest absolute Gasteiger partial charge is 0.514 e. The molecule has 5 nitrogen and oxygen atoms in total. The molecule has 1 aromatic rings. The fourth-order valence-corrected chi connectivity index (χ4v) is 1.77. The van der Waals surface area contributed by atoms with Crippen molar-refractivity contribution in [1.29, 1.82) is 0 Å². The van der Waals surface area contributed by atoms with Gasteiger partial charge in [0.05, 0.1) is 0 Å². The van der Waals surface area contributed by atoms with Crippen molar-refractivity contribution < 1.29 is 24.2 Å². The van der Waals surface area contributed by atoms with Crippen molar-refractivity contribution in [3.8, 4) is 5.75 Å². The van der Waals surface area contributed by atoms with Crippen LogP contribution < -0.4 is 4.74 Å². The van der Waals surface area contributed by atoms with Gasteiger partial charge in [-0.2, -0.15) is 0 Å². The molecule has 0 heterocycles. The normalized spacial score (nSPS) is 10.9. The summed E-state index contributed by atoms with van der Waals surface area (Å²) >= 11 is 3.22. The van der Waals surface area contributed by atoms with Crippen molar-refractivity contribution in [3.05, 3.63) is 29.3 Å². The van der Waals surface area contributed by atoms with Crippen LogP contribution in [0, 0.1) is 0 Å². The van der Waals surface area contributed by atoms with E-state index in [4.69, 9.17) is 14.6 Å². The van der Waals surface area contributed by atoms with Crippen molar-refractivity contribution >= 4 is 28.1 Å². The molecule has 0 atom stereocenters. The second-order valence-electron chi connectivity index (χ2n) is 4.80. The van der Waals surface area contributed by atoms with Gasteiger partial charge in [0.1, 0.15) is 11.2 Å². The standard InChI is InChI=1S/C13H15BrO5/c1-13(2,3)19-12(17)18-10-8(7-14)5-4-6-9(10)11(15)16/h4-6H,7H2,1-3H3,(H,15,16). The number of ether oxygens (including phenoxy) is 2. The Balaban J connectivity index is 3.05. The van der Waals surface area contributed by atoms with Gasteiger partial charge in [-0.05, 0) is 26.8 Å². The summed E-state index contributed by atoms with van der Waals surface area (Å²) in [6.07, 6.45) is -0.927. The summed E-state index contributed by atoms with van der Waals surface area (Å²) in [7, 11) is 0. The maximum absolute atomic E-state index is 11.6. The van der Waals surface area contributed by atoms with E-state index in [1.807, 2.05) is 0 Å². The lowest BCUT2D eigenvalue weighted by atomic mass is 10.1. The van der Waals surface area contributed by atoms with Crippen molar-refractivity contribution in [2.45, 2.75) is 31.7 Å². The number of rotatable bonds is 3. The summed E-state index contributed by atoms with van der Waals surface area (Å²) in [4.78, 5) is 22.7. The highest BCUT2D eigenvalue weighted by Crippen LogP contribution is 2.27. The van der Waals surface area contributed by atoms with E-state index < -0.39 is 17.7 Å². The number of hydrogen-bond donors (Lipinski definition) is 1. The molecule has 0 fully saturated rings. The maximum Gasteiger partial charge on any atom is 0.514 e. The Morgan fingerprint density at radius 3 is 2.42 bits per heavy atom. The number of carbonyl (C=O) groups excluding carboxylic acids is 1. The van der Waals surface area contributed by atoms with Gasteiger partial charge < -0.3 is 14.6 Å². The number of carboxylic acid groups (broad SMARTS) is 1. The first kappa shape index (κ1) is 15.5. The molecule has 0 amide bonds. The quantitative estimate of drug-likeness (QED) is 0.520. The van der Waals surface area contributed by atoms with Gasteiger partial charge in [0.25, 0.3) is 0 Å². The lowest BCUT2D eigenvalue weighted by molar-refractivity contribution is 0.0202. The van der Waals surface area contributed by atoms with E-state index in [-0.39, 0.29) is 11.3 Å². The molecular formula is C13H15BrO5. The zero-order valence-electron chi connectivity index (χ0n) is 10.9. The third-order valence-electron chi connectivity index (χ3n) is 2.05. The molecule has 19 heavy (non-hydrogen) atoms. The fraction of sp³-hybridized carbons (Fsp3) is 0.385. The molecule has 0 aliphatic carbocycles. The van der Waals surface area contributed by atoms with Gasteiger partial charge in [0, 0.05) is 10.9 Å². The third-order valence-corrected chi connectivity index (χ3v) is 2.65. The molecule has 0 saturated heterocycles. The van der Waals surface area contributed by atoms with E-state index in [2.05, 4.69) is 15.9 Å². The highest BCUT2D eigenvalue weighted by Gasteiger charge is 2.22. The molecule has 1 N–H and O–H groups in total. The molecule has 104 valence electrons. The molecule has 0 aliphatic heterocycles. The summed E-state index contributed by atoms with van der Waals surface area (Å²) in [5, 5.41) is 9.45. The second-order valence-corrected chi connectivity index (χ2v) is 5.36. The summed E-state index contributed by atoms with van der Waals surface area (Å²) < 4.78 is 10.0. The number of carbonyl (C=O) groups is 2. The average Bonchev–Trinajstić information content (AvgIpc) is 2.26. The number of alkyl halides is 1. The topological polar surface area (TPSA) is 72.8 Å². The predicted molar refractivity (Wildman–Crippen MR) is 72.9 cm³/mol. The van der Waals surface area contributed by atoms with Crippen LogP contribution in [-0.2, 0) is 10.1 Å². The Hall–Kier alpha value is -1.56. The van der Waals surface area contributed by atoms with E-state index in [9.17, 15) is 9.59 Å². The molecule has 0 saturated carbocycles. The van der Waals surface area contributed by atoms with E-state index in [1.165, 1.54) is 6.07 Å². The molecule has 0 radical (unpaired) electrons. The van der Waals surface area contributed by atoms with Crippen LogP contribution in [0.2, 0.25) is 0 Å². The molecule has 0 aliphatic rings. The van der Waals surface area contributed by atoms with Crippen LogP contribution in [0.15, 0.2) is 18.2 Å². The first-order chi connectivity index (χ1) is 8.74. The van der Waals surface area contributed by atoms with Crippen molar-refractivity contribution in [2.75, 3.05) is 0 Å². The third kappa shape index (κ3) is 4.55. The van der Waals surface area contributed by atoms with Crippen LogP contribution in [0.1, 0.15) is 36.7 Å². The highest BCUT2D eigenvalue weighted by atomic mass is 79.9. The van der Waals surface area contributed by atoms with Gasteiger partial charge >= 0.3 is 12.1 Å². The van der Waals surface area contributed by atoms with Gasteiger partial charge in [0.2, 0.25) is 0 Å². The number of benzene rings is 1. The molecular weight excluding hydrogens is 316 g/mol. The number of carboxylic acids is 1. The van der Waals surface area contributed by atoms with Gasteiger partial charge in [-0.25, -0.2) is 9.59 Å². The minimum atomic E-state index is -1.17. The number of halogens is 1. The number of hydrogen-bond acceptors (Lipinski definition) is 4. The maximum atomic E-state index is 11.6. The smallest absolute Gasteiger partial charge is 0.478 e. The van der Waals surface area contributed by atoms with Crippen molar-refractivity contribution in [3.63, 3.8) is 0 Å². The monoisotopic (exact) mass is 330 g/mol. The Morgan fingerprint density at radius 1 is 1.32 bits per heavy atom. The molecule has 0 aromatic heterocycles. The molecule has 1 aromatic carbocycles. The Labute approximate surface area is 119 Å². The van der Waals surface area contributed by atoms with Crippen LogP contribution in [0.25, 0.3) is 0 Å². The fourth-order valence-electron chi connectivity index (χ4n) is 1.33. The Bertz CT molecular complexity index is 490. The molecule has 6 heteroatoms. The SMILES string of the molecule is CC(C)(C)OC(=O)Oc1c(CBr)cccc1C(=O)O. The minimum absolute atomic E-state index is 0.00104. The summed E-state index contributed by atoms with van der Waals surface area (Å²) in [5.74, 6) is -1.16. The van der Waals surface area contributed by atoms with E-state index in [0.29, 0.717) is 10.9 Å². The lowest BCUT2D eigenvalue weighted by Crippen LogP contribution is -2.26. The average molecular weight is 331 g/mol. The summed E-state index contributed by atoms with van der Waals surface area (Å²) in [6.45, 7) is 5.09. The van der Waals surface area contributed by atoms with Crippen LogP contribution in [0.5, 0.6) is 5.75 Å². The summed E-state index contributed by atoms with van der Waals surface area (Å²) in [5.41, 5.74) is -0.224. The zero-order valence-corrected chi connectivity index (χ0v) is 12.5. The first-order valence-electron chi connectivity index (χ1n) is 5.56. The molecule has 1 rings (SSSR count). The molecule has 0 bridgehead atoms. The van der Waals surface area contributed by atoms with E-state index >= 15 is 0 Å². The van der Waals surface area contributed by atoms with Crippen molar-refractivity contribution in [2.24, 2.45) is 0 Å². The predicted octanol–water partition coefficient (Wildman–Crippen LogP) is 3.59. The van der Waals surface area contributed by atoms with Gasteiger partial charge in [-0.15, -0.1) is 0 Å². The zero-order chi connectivity index (χ0) is 14.6. The van der Waals surface area contributed by atoms with Crippen LogP contribution in [0.3, 0.4) is 0 Å². The highest BCUT2D eigenvalue weighted by molar-refractivity contribution is 9.08. The van der Waals surface area contributed by atoms with Gasteiger partial charge in [0.15, 0.2) is 5.75 Å². The van der Waals surface area contributed by atoms with Crippen molar-refractivity contribution in [1.82, 2.24) is 0 Å². The van der Waals surface area contributed by atoms with Crippen LogP contribution in [-0.4, -0.2) is 22.8 Å². The van der Waals surface area contributed by atoms with E-state index in [0.717, 1.165) is 0 Å². The van der Waals surface area contributed by atoms with Gasteiger partial charge in [-0.3, -0.25) is 0 Å². The minimum Gasteiger partial charge on any atom is -0.478 e. The number of aromatic carboxylic acids is 1. The Morgan fingerprint density at radius 2 is 1.95 bits per heavy atom. The number of para-hydroxylation sites is 1. The lowest BCUT2D eigenvalue weighted by Gasteiger charge is -2.19. The van der Waals surface area contributed by atoms with Crippen LogP contribution in [0.4, 0.5) is 4.79 Å². The van der Waals surface area contributed by atoms with Crippen LogP contribution >= 0.6 is 15.9 Å². The second kappa shape index (κ2) is 6.06. The van der Waals surface area contributed by atoms with E-state index in [1.54, 1.807) is 32.9 Å². The molecule has 0 unspecified atom stereocenters. The van der Waals surface area contributed by atoms with Gasteiger partial charge in [-0.1, -0.05) is 28.1 Å². The summed E-state index contributed by atoms with van der Waals surface area (Å²) in [6, 6.07) is 4.62. The Kier molecular flexibility index (Phi) is 4.94. The first-order valence-corrected chi connectivity index (χ1v) is 6.68.